The number of fused-ring (bicyclic) bond motifs is 9. The van der Waals surface area contributed by atoms with Gasteiger partial charge in [0.05, 0.1) is 16.8 Å². The van der Waals surface area contributed by atoms with E-state index in [0.29, 0.717) is 5.82 Å². The van der Waals surface area contributed by atoms with Crippen LogP contribution in [-0.4, -0.2) is 9.97 Å². The zero-order valence-electron chi connectivity index (χ0n) is 36.0. The molecule has 1 spiro atoms. The third-order valence-corrected chi connectivity index (χ3v) is 14.2. The molecule has 8 aromatic rings. The second kappa shape index (κ2) is 15.0. The minimum atomic E-state index is -0.462. The Morgan fingerprint density at radius 3 is 1.88 bits per heavy atom. The average Bonchev–Trinajstić information content (AvgIpc) is 3.66. The van der Waals surface area contributed by atoms with E-state index in [2.05, 4.69) is 226 Å². The Kier molecular flexibility index (Phi) is 8.95. The lowest BCUT2D eigenvalue weighted by atomic mass is 9.52. The summed E-state index contributed by atoms with van der Waals surface area (Å²) in [6, 6.07) is 65.6. The van der Waals surface area contributed by atoms with Crippen molar-refractivity contribution in [3.05, 3.63) is 246 Å². The zero-order valence-corrected chi connectivity index (χ0v) is 36.0. The molecule has 306 valence electrons. The van der Waals surface area contributed by atoms with Gasteiger partial charge in [0.1, 0.15) is 11.5 Å². The minimum Gasteiger partial charge on any atom is -0.460 e. The van der Waals surface area contributed by atoms with Gasteiger partial charge in [-0.05, 0) is 105 Å². The zero-order chi connectivity index (χ0) is 42.8. The highest BCUT2D eigenvalue weighted by atomic mass is 16.5. The lowest BCUT2D eigenvalue weighted by molar-refractivity contribution is 0.154. The Morgan fingerprint density at radius 2 is 1.11 bits per heavy atom. The third kappa shape index (κ3) is 5.88. The topological polar surface area (TPSA) is 35.0 Å². The summed E-state index contributed by atoms with van der Waals surface area (Å²) in [4.78, 5) is 10.8. The highest BCUT2D eigenvalue weighted by molar-refractivity contribution is 5.90. The molecule has 12 rings (SSSR count). The van der Waals surface area contributed by atoms with Gasteiger partial charge in [-0.2, -0.15) is 0 Å². The maximum absolute atomic E-state index is 7.23. The van der Waals surface area contributed by atoms with Crippen LogP contribution in [0, 0.1) is 11.3 Å². The second-order valence-corrected chi connectivity index (χ2v) is 17.9. The standard InChI is InChI=1S/C61H46N2O/c1-40-33-34-44(42-20-7-4-8-21-42)38-51(40)56-39-55(46-24-15-22-43(36-46)41-18-5-3-6-19-41)62-59(63-56)47-25-16-23-45(37-47)48-28-17-31-54-58(48)64-57-32-13-14-35-60(57,2)61(54)52-29-11-9-26-49(52)50-27-10-12-30-53(50)61/h3-32,34,36-40H,33,35H2,1-2H3. The predicted octanol–water partition coefficient (Wildman–Crippen LogP) is 15.2. The first kappa shape index (κ1) is 38.1. The molecule has 0 saturated carbocycles. The van der Waals surface area contributed by atoms with Gasteiger partial charge in [0.25, 0.3) is 0 Å². The third-order valence-electron chi connectivity index (χ3n) is 14.2. The maximum Gasteiger partial charge on any atom is 0.160 e. The molecule has 0 radical (unpaired) electrons. The van der Waals surface area contributed by atoms with Crippen LogP contribution in [0.5, 0.6) is 5.75 Å². The van der Waals surface area contributed by atoms with E-state index >= 15 is 0 Å². The van der Waals surface area contributed by atoms with Gasteiger partial charge in [-0.25, -0.2) is 9.97 Å². The number of allylic oxidation sites excluding steroid dienone is 8. The maximum atomic E-state index is 7.23. The number of hydrogen-bond donors (Lipinski definition) is 0. The molecular formula is C61H46N2O. The molecule has 3 nitrogen and oxygen atoms in total. The largest absolute Gasteiger partial charge is 0.460 e. The molecule has 0 bridgehead atoms. The molecule has 3 aliphatic carbocycles. The van der Waals surface area contributed by atoms with Crippen molar-refractivity contribution in [1.29, 1.82) is 0 Å². The quantitative estimate of drug-likeness (QED) is 0.168. The minimum absolute atomic E-state index is 0.283. The predicted molar refractivity (Wildman–Crippen MR) is 262 cm³/mol. The first-order valence-electron chi connectivity index (χ1n) is 22.5. The first-order valence-corrected chi connectivity index (χ1v) is 22.5. The smallest absolute Gasteiger partial charge is 0.160 e. The van der Waals surface area contributed by atoms with Crippen LogP contribution in [0.1, 0.15) is 54.6 Å². The fourth-order valence-electron chi connectivity index (χ4n) is 11.1. The number of hydrogen-bond acceptors (Lipinski definition) is 3. The van der Waals surface area contributed by atoms with E-state index in [1.807, 2.05) is 0 Å². The van der Waals surface area contributed by atoms with E-state index in [1.165, 1.54) is 50.1 Å². The molecule has 0 saturated heterocycles. The number of para-hydroxylation sites is 1. The molecule has 7 aromatic carbocycles. The second-order valence-electron chi connectivity index (χ2n) is 17.9. The van der Waals surface area contributed by atoms with Gasteiger partial charge < -0.3 is 4.74 Å². The number of benzene rings is 7. The molecule has 64 heavy (non-hydrogen) atoms. The average molecular weight is 823 g/mol. The summed E-state index contributed by atoms with van der Waals surface area (Å²) >= 11 is 0. The van der Waals surface area contributed by atoms with E-state index in [9.17, 15) is 0 Å². The Balaban J connectivity index is 1.03. The normalized spacial score (nSPS) is 18.7. The van der Waals surface area contributed by atoms with Gasteiger partial charge in [0.2, 0.25) is 0 Å². The Bertz CT molecular complexity index is 3240. The molecule has 1 aromatic heterocycles. The van der Waals surface area contributed by atoms with E-state index in [-0.39, 0.29) is 11.3 Å². The van der Waals surface area contributed by atoms with Crippen molar-refractivity contribution < 1.29 is 4.74 Å². The van der Waals surface area contributed by atoms with Gasteiger partial charge in [0, 0.05) is 27.7 Å². The van der Waals surface area contributed by atoms with E-state index in [1.54, 1.807) is 0 Å². The van der Waals surface area contributed by atoms with Gasteiger partial charge in [-0.15, -0.1) is 0 Å². The van der Waals surface area contributed by atoms with Crippen molar-refractivity contribution in [2.24, 2.45) is 11.3 Å². The fraction of sp³-hybridized carbons (Fsp3) is 0.115. The van der Waals surface area contributed by atoms with E-state index in [4.69, 9.17) is 14.7 Å². The molecule has 1 aliphatic heterocycles. The molecule has 0 N–H and O–H groups in total. The van der Waals surface area contributed by atoms with Crippen molar-refractivity contribution >= 4 is 11.1 Å². The van der Waals surface area contributed by atoms with Gasteiger partial charge >= 0.3 is 0 Å². The summed E-state index contributed by atoms with van der Waals surface area (Å²) in [5.41, 5.74) is 17.6. The summed E-state index contributed by atoms with van der Waals surface area (Å²) in [6.45, 7) is 4.70. The van der Waals surface area contributed by atoms with Gasteiger partial charge in [-0.1, -0.05) is 196 Å². The highest BCUT2D eigenvalue weighted by Gasteiger charge is 2.62. The van der Waals surface area contributed by atoms with Crippen molar-refractivity contribution in [2.45, 2.75) is 32.1 Å². The summed E-state index contributed by atoms with van der Waals surface area (Å²) in [6.07, 6.45) is 13.1. The number of nitrogens with zero attached hydrogens (tertiary/aromatic N) is 2. The van der Waals surface area contributed by atoms with Crippen LogP contribution in [-0.2, 0) is 5.41 Å². The lowest BCUT2D eigenvalue weighted by Crippen LogP contribution is -2.50. The number of rotatable bonds is 6. The molecule has 4 aliphatic rings. The van der Waals surface area contributed by atoms with Crippen LogP contribution < -0.4 is 4.74 Å². The summed E-state index contributed by atoms with van der Waals surface area (Å²) in [5, 5.41) is 0. The SMILES string of the molecule is CC1CC=C(c2ccccc2)C=C1c1cc(-c2cccc(-c3ccccc3)c2)nc(-c2cccc(-c3cccc4c3OC3=CC=CCC3(C)C43c4ccccc4-c4ccccc43)c2)n1. The molecule has 2 unspecified atom stereocenters. The Morgan fingerprint density at radius 1 is 0.531 bits per heavy atom. The van der Waals surface area contributed by atoms with Crippen LogP contribution in [0.2, 0.25) is 0 Å². The van der Waals surface area contributed by atoms with Crippen LogP contribution in [0.4, 0.5) is 0 Å². The monoisotopic (exact) mass is 822 g/mol. The molecular weight excluding hydrogens is 777 g/mol. The van der Waals surface area contributed by atoms with Crippen LogP contribution in [0.15, 0.2) is 218 Å². The van der Waals surface area contributed by atoms with Crippen molar-refractivity contribution in [3.63, 3.8) is 0 Å². The van der Waals surface area contributed by atoms with Crippen LogP contribution in [0.3, 0.4) is 0 Å². The molecule has 0 fully saturated rings. The number of ether oxygens (including phenoxy) is 1. The van der Waals surface area contributed by atoms with E-state index in [0.717, 1.165) is 63.6 Å². The van der Waals surface area contributed by atoms with Crippen LogP contribution >= 0.6 is 0 Å². The molecule has 0 amide bonds. The highest BCUT2D eigenvalue weighted by Crippen LogP contribution is 2.69. The van der Waals surface area contributed by atoms with Crippen molar-refractivity contribution in [2.75, 3.05) is 0 Å². The van der Waals surface area contributed by atoms with Gasteiger partial charge in [0.15, 0.2) is 5.82 Å². The fourth-order valence-corrected chi connectivity index (χ4v) is 11.1. The van der Waals surface area contributed by atoms with Gasteiger partial charge in [-0.3, -0.25) is 0 Å². The summed E-state index contributed by atoms with van der Waals surface area (Å²) in [5.74, 6) is 2.87. The first-order chi connectivity index (χ1) is 31.5. The molecule has 2 heterocycles. The van der Waals surface area contributed by atoms with Crippen LogP contribution in [0.25, 0.3) is 67.2 Å². The summed E-state index contributed by atoms with van der Waals surface area (Å²) in [7, 11) is 0. The Labute approximate surface area is 375 Å². The lowest BCUT2D eigenvalue weighted by Gasteiger charge is -2.53. The summed E-state index contributed by atoms with van der Waals surface area (Å²) < 4.78 is 7.23. The molecule has 2 atom stereocenters. The van der Waals surface area contributed by atoms with Crippen molar-refractivity contribution in [1.82, 2.24) is 9.97 Å². The number of aromatic nitrogens is 2. The Hall–Kier alpha value is -7.62. The molecule has 3 heteroatoms. The van der Waals surface area contributed by atoms with E-state index < -0.39 is 5.41 Å². The van der Waals surface area contributed by atoms with Crippen molar-refractivity contribution in [3.8, 4) is 61.8 Å².